The molecule has 1 N–H and O–H groups in total. The van der Waals surface area contributed by atoms with E-state index in [1.54, 1.807) is 11.8 Å². The van der Waals surface area contributed by atoms with Crippen LogP contribution in [0.5, 0.6) is 5.75 Å². The maximum atomic E-state index is 12.7. The molecule has 8 heteroatoms. The molecule has 0 aliphatic rings. The fourth-order valence-electron chi connectivity index (χ4n) is 3.23. The minimum absolute atomic E-state index is 0.169. The highest BCUT2D eigenvalue weighted by molar-refractivity contribution is 5.99. The van der Waals surface area contributed by atoms with Crippen LogP contribution >= 0.6 is 0 Å². The summed E-state index contributed by atoms with van der Waals surface area (Å²) < 4.78 is 6.83. The predicted octanol–water partition coefficient (Wildman–Crippen LogP) is 3.47. The van der Waals surface area contributed by atoms with Crippen LogP contribution in [0.15, 0.2) is 72.1 Å². The van der Waals surface area contributed by atoms with Crippen molar-refractivity contribution in [2.45, 2.75) is 19.8 Å². The van der Waals surface area contributed by atoms with Crippen molar-refractivity contribution in [1.29, 1.82) is 0 Å². The lowest BCUT2D eigenvalue weighted by atomic mass is 9.97. The summed E-state index contributed by atoms with van der Waals surface area (Å²) in [4.78, 5) is 12.7. The van der Waals surface area contributed by atoms with Gasteiger partial charge in [0.2, 0.25) is 5.91 Å². The lowest BCUT2D eigenvalue weighted by Gasteiger charge is -2.12. The van der Waals surface area contributed by atoms with Crippen LogP contribution in [-0.2, 0) is 4.79 Å². The summed E-state index contributed by atoms with van der Waals surface area (Å²) in [7, 11) is 1.65. The highest BCUT2D eigenvalue weighted by Crippen LogP contribution is 2.25. The molecule has 1 heterocycles. The number of hydrazone groups is 1. The molecule has 0 aliphatic heterocycles. The Morgan fingerprint density at radius 3 is 2.52 bits per heavy atom. The maximum Gasteiger partial charge on any atom is 0.247 e. The lowest BCUT2D eigenvalue weighted by molar-refractivity contribution is -0.122. The summed E-state index contributed by atoms with van der Waals surface area (Å²) >= 11 is 0. The molecule has 8 nitrogen and oxygen atoms in total. The quantitative estimate of drug-likeness (QED) is 0.385. The Hall–Kier alpha value is -4.07. The number of tetrazole rings is 1. The van der Waals surface area contributed by atoms with Crippen LogP contribution in [0.3, 0.4) is 0 Å². The summed E-state index contributed by atoms with van der Waals surface area (Å²) in [5, 5.41) is 17.5. The minimum Gasteiger partial charge on any atom is -0.497 e. The first-order valence-corrected chi connectivity index (χ1v) is 9.81. The number of fused-ring (bicyclic) bond motifs is 1. The van der Waals surface area contributed by atoms with E-state index in [0.717, 1.165) is 33.3 Å². The van der Waals surface area contributed by atoms with Crippen molar-refractivity contribution in [3.63, 3.8) is 0 Å². The van der Waals surface area contributed by atoms with E-state index in [-0.39, 0.29) is 11.8 Å². The fourth-order valence-corrected chi connectivity index (χ4v) is 3.23. The van der Waals surface area contributed by atoms with Crippen molar-refractivity contribution >= 4 is 22.4 Å². The van der Waals surface area contributed by atoms with E-state index < -0.39 is 0 Å². The van der Waals surface area contributed by atoms with Gasteiger partial charge in [-0.3, -0.25) is 4.79 Å². The Kier molecular flexibility index (Phi) is 5.70. The first-order valence-electron chi connectivity index (χ1n) is 9.81. The minimum atomic E-state index is -0.342. The molecule has 0 radical (unpaired) electrons. The molecule has 31 heavy (non-hydrogen) atoms. The zero-order chi connectivity index (χ0) is 21.8. The Morgan fingerprint density at radius 2 is 1.81 bits per heavy atom. The molecule has 1 unspecified atom stereocenters. The molecule has 4 aromatic rings. The monoisotopic (exact) mass is 414 g/mol. The molecule has 0 fully saturated rings. The highest BCUT2D eigenvalue weighted by atomic mass is 16.5. The van der Waals surface area contributed by atoms with Crippen molar-refractivity contribution in [2.24, 2.45) is 5.10 Å². The second kappa shape index (κ2) is 8.74. The van der Waals surface area contributed by atoms with Gasteiger partial charge in [-0.25, -0.2) is 10.1 Å². The highest BCUT2D eigenvalue weighted by Gasteiger charge is 2.15. The third-order valence-corrected chi connectivity index (χ3v) is 5.20. The molecule has 0 saturated heterocycles. The van der Waals surface area contributed by atoms with Gasteiger partial charge in [-0.15, -0.1) is 5.10 Å². The van der Waals surface area contributed by atoms with E-state index in [1.807, 2.05) is 74.5 Å². The van der Waals surface area contributed by atoms with Crippen molar-refractivity contribution in [3.05, 3.63) is 78.1 Å². The number of nitrogens with zero attached hydrogens (tertiary/aromatic N) is 5. The normalized spacial score (nSPS) is 12.5. The van der Waals surface area contributed by atoms with E-state index in [0.29, 0.717) is 5.71 Å². The van der Waals surface area contributed by atoms with E-state index in [4.69, 9.17) is 4.74 Å². The smallest absolute Gasteiger partial charge is 0.247 e. The molecule has 1 atom stereocenters. The van der Waals surface area contributed by atoms with Gasteiger partial charge in [0, 0.05) is 0 Å². The molecule has 0 bridgehead atoms. The Labute approximate surface area is 179 Å². The number of hydrogen-bond donors (Lipinski definition) is 1. The SMILES string of the molecule is COc1ccc2cc(C(C)C(=O)N/N=C(\C)c3ccc(-n4cnnn4)cc3)ccc2c1. The third-order valence-electron chi connectivity index (χ3n) is 5.20. The zero-order valence-corrected chi connectivity index (χ0v) is 17.5. The number of hydrogen-bond acceptors (Lipinski definition) is 6. The Morgan fingerprint density at radius 1 is 1.06 bits per heavy atom. The van der Waals surface area contributed by atoms with Crippen LogP contribution in [0, 0.1) is 0 Å². The molecule has 156 valence electrons. The van der Waals surface area contributed by atoms with Crippen LogP contribution in [0.2, 0.25) is 0 Å². The predicted molar refractivity (Wildman–Crippen MR) is 118 cm³/mol. The van der Waals surface area contributed by atoms with E-state index >= 15 is 0 Å². The van der Waals surface area contributed by atoms with Gasteiger partial charge in [-0.2, -0.15) is 5.10 Å². The first-order chi connectivity index (χ1) is 15.0. The summed E-state index contributed by atoms with van der Waals surface area (Å²) in [6.45, 7) is 3.71. The van der Waals surface area contributed by atoms with Gasteiger partial charge in [0.05, 0.1) is 24.4 Å². The number of carbonyl (C=O) groups is 1. The largest absolute Gasteiger partial charge is 0.497 e. The van der Waals surface area contributed by atoms with Gasteiger partial charge in [0.15, 0.2) is 0 Å². The number of ether oxygens (including phenoxy) is 1. The molecular formula is C23H22N6O2. The van der Waals surface area contributed by atoms with Crippen molar-refractivity contribution in [3.8, 4) is 11.4 Å². The van der Waals surface area contributed by atoms with Crippen LogP contribution in [-0.4, -0.2) is 38.9 Å². The Balaban J connectivity index is 1.44. The van der Waals surface area contributed by atoms with Crippen molar-refractivity contribution in [1.82, 2.24) is 25.6 Å². The number of amides is 1. The first kappa shape index (κ1) is 20.2. The van der Waals surface area contributed by atoms with Crippen molar-refractivity contribution < 1.29 is 9.53 Å². The number of aromatic nitrogens is 4. The average molecular weight is 414 g/mol. The van der Waals surface area contributed by atoms with Gasteiger partial charge < -0.3 is 4.74 Å². The van der Waals surface area contributed by atoms with Gasteiger partial charge in [0.25, 0.3) is 0 Å². The van der Waals surface area contributed by atoms with Gasteiger partial charge in [-0.1, -0.05) is 36.4 Å². The zero-order valence-electron chi connectivity index (χ0n) is 17.5. The summed E-state index contributed by atoms with van der Waals surface area (Å²) in [6.07, 6.45) is 1.53. The number of benzene rings is 3. The van der Waals surface area contributed by atoms with Crippen LogP contribution < -0.4 is 10.2 Å². The Bertz CT molecular complexity index is 1230. The van der Waals surface area contributed by atoms with Crippen LogP contribution in [0.25, 0.3) is 16.5 Å². The fraction of sp³-hybridized carbons (Fsp3) is 0.174. The average Bonchev–Trinajstić information content (AvgIpc) is 3.36. The van der Waals surface area contributed by atoms with Gasteiger partial charge >= 0.3 is 0 Å². The van der Waals surface area contributed by atoms with Crippen molar-refractivity contribution in [2.75, 3.05) is 7.11 Å². The van der Waals surface area contributed by atoms with Crippen LogP contribution in [0.1, 0.15) is 30.9 Å². The summed E-state index contributed by atoms with van der Waals surface area (Å²) in [5.74, 6) is 0.296. The number of rotatable bonds is 6. The molecule has 3 aromatic carbocycles. The molecule has 1 aromatic heterocycles. The summed E-state index contributed by atoms with van der Waals surface area (Å²) in [6, 6.07) is 19.4. The third kappa shape index (κ3) is 4.42. The summed E-state index contributed by atoms with van der Waals surface area (Å²) in [5.41, 5.74) is 6.04. The molecule has 0 spiro atoms. The number of carbonyl (C=O) groups excluding carboxylic acids is 1. The lowest BCUT2D eigenvalue weighted by Crippen LogP contribution is -2.24. The van der Waals surface area contributed by atoms with E-state index in [1.165, 1.54) is 6.33 Å². The van der Waals surface area contributed by atoms with Gasteiger partial charge in [0.1, 0.15) is 12.1 Å². The van der Waals surface area contributed by atoms with E-state index in [9.17, 15) is 4.79 Å². The topological polar surface area (TPSA) is 94.3 Å². The maximum absolute atomic E-state index is 12.7. The number of methoxy groups -OCH3 is 1. The molecule has 0 saturated carbocycles. The molecule has 4 rings (SSSR count). The van der Waals surface area contributed by atoms with E-state index in [2.05, 4.69) is 26.1 Å². The second-order valence-electron chi connectivity index (χ2n) is 7.17. The standard InChI is InChI=1S/C23H22N6O2/c1-15(18-4-5-20-13-22(31-3)11-8-19(20)12-18)23(30)26-25-16(2)17-6-9-21(10-7-17)29-14-24-27-28-29/h4-15H,1-3H3,(H,26,30)/b25-16+. The molecule has 0 aliphatic carbocycles. The molecule has 1 amide bonds. The number of nitrogens with one attached hydrogen (secondary N) is 1. The van der Waals surface area contributed by atoms with Gasteiger partial charge in [-0.05, 0) is 70.4 Å². The molecular weight excluding hydrogens is 392 g/mol. The second-order valence-corrected chi connectivity index (χ2v) is 7.17. The van der Waals surface area contributed by atoms with Crippen LogP contribution in [0.4, 0.5) is 0 Å².